The van der Waals surface area contributed by atoms with Crippen LogP contribution in [0.15, 0.2) is 54.6 Å². The Balaban J connectivity index is 1.67. The van der Waals surface area contributed by atoms with Crippen molar-refractivity contribution in [1.82, 2.24) is 5.32 Å². The predicted octanol–water partition coefficient (Wildman–Crippen LogP) is 3.00. The van der Waals surface area contributed by atoms with Crippen LogP contribution >= 0.6 is 0 Å². The molecule has 0 aliphatic carbocycles. The molecule has 0 saturated carbocycles. The Kier molecular flexibility index (Phi) is 6.10. The highest BCUT2D eigenvalue weighted by atomic mass is 19.1. The number of hydrogen-bond acceptors (Lipinski definition) is 2. The summed E-state index contributed by atoms with van der Waals surface area (Å²) in [4.78, 5) is 11.7. The smallest absolute Gasteiger partial charge is 0.220 e. The molecule has 0 aliphatic heterocycles. The van der Waals surface area contributed by atoms with Gasteiger partial charge < -0.3 is 10.4 Å². The fraction of sp³-hybridized carbons (Fsp3) is 0.278. The Morgan fingerprint density at radius 3 is 2.45 bits per heavy atom. The van der Waals surface area contributed by atoms with Gasteiger partial charge in [0.05, 0.1) is 6.10 Å². The van der Waals surface area contributed by atoms with E-state index in [9.17, 15) is 14.3 Å². The lowest BCUT2D eigenvalue weighted by atomic mass is 10.1. The monoisotopic (exact) mass is 301 g/mol. The molecule has 4 heteroatoms. The molecule has 3 nitrogen and oxygen atoms in total. The first-order valence-corrected chi connectivity index (χ1v) is 7.39. The van der Waals surface area contributed by atoms with Crippen molar-refractivity contribution >= 4 is 5.91 Å². The Bertz CT molecular complexity index is 584. The minimum Gasteiger partial charge on any atom is -0.388 e. The van der Waals surface area contributed by atoms with Gasteiger partial charge in [-0.3, -0.25) is 4.79 Å². The van der Waals surface area contributed by atoms with Gasteiger partial charge in [0.15, 0.2) is 0 Å². The molecular formula is C18H20FNO2. The van der Waals surface area contributed by atoms with Gasteiger partial charge in [0.25, 0.3) is 0 Å². The van der Waals surface area contributed by atoms with Gasteiger partial charge in [-0.15, -0.1) is 0 Å². The van der Waals surface area contributed by atoms with Crippen LogP contribution in [-0.2, 0) is 11.2 Å². The summed E-state index contributed by atoms with van der Waals surface area (Å²) >= 11 is 0. The molecule has 1 unspecified atom stereocenters. The second-order valence-electron chi connectivity index (χ2n) is 5.19. The van der Waals surface area contributed by atoms with Crippen molar-refractivity contribution in [2.24, 2.45) is 0 Å². The topological polar surface area (TPSA) is 49.3 Å². The van der Waals surface area contributed by atoms with Gasteiger partial charge in [0, 0.05) is 13.0 Å². The summed E-state index contributed by atoms with van der Waals surface area (Å²) in [7, 11) is 0. The third kappa shape index (κ3) is 5.30. The molecule has 0 heterocycles. The third-order valence-electron chi connectivity index (χ3n) is 3.48. The lowest BCUT2D eigenvalue weighted by molar-refractivity contribution is -0.121. The van der Waals surface area contributed by atoms with Crippen LogP contribution in [0.5, 0.6) is 0 Å². The molecule has 2 N–H and O–H groups in total. The molecule has 2 aromatic rings. The summed E-state index contributed by atoms with van der Waals surface area (Å²) in [6.07, 6.45) is 0.835. The highest BCUT2D eigenvalue weighted by Crippen LogP contribution is 2.16. The van der Waals surface area contributed by atoms with Gasteiger partial charge in [-0.1, -0.05) is 42.5 Å². The van der Waals surface area contributed by atoms with Gasteiger partial charge >= 0.3 is 0 Å². The van der Waals surface area contributed by atoms with E-state index in [0.29, 0.717) is 31.4 Å². The van der Waals surface area contributed by atoms with Gasteiger partial charge in [0.1, 0.15) is 5.82 Å². The van der Waals surface area contributed by atoms with Crippen molar-refractivity contribution in [3.63, 3.8) is 0 Å². The molecule has 0 fully saturated rings. The molecule has 0 bridgehead atoms. The summed E-state index contributed by atoms with van der Waals surface area (Å²) in [6, 6.07) is 15.6. The van der Waals surface area contributed by atoms with Crippen molar-refractivity contribution in [2.75, 3.05) is 6.54 Å². The lowest BCUT2D eigenvalue weighted by Gasteiger charge is -2.11. The highest BCUT2D eigenvalue weighted by molar-refractivity contribution is 5.76. The number of aliphatic hydroxyl groups excluding tert-OH is 1. The van der Waals surface area contributed by atoms with Crippen LogP contribution in [0.3, 0.4) is 0 Å². The van der Waals surface area contributed by atoms with Crippen LogP contribution in [0.25, 0.3) is 0 Å². The van der Waals surface area contributed by atoms with Crippen LogP contribution in [0, 0.1) is 5.82 Å². The molecule has 0 radical (unpaired) electrons. The Labute approximate surface area is 129 Å². The number of nitrogens with one attached hydrogen (secondary N) is 1. The first kappa shape index (κ1) is 16.2. The zero-order valence-corrected chi connectivity index (χ0v) is 12.3. The lowest BCUT2D eigenvalue weighted by Crippen LogP contribution is -2.25. The maximum Gasteiger partial charge on any atom is 0.220 e. The van der Waals surface area contributed by atoms with E-state index in [2.05, 4.69) is 5.32 Å². The number of carbonyl (C=O) groups is 1. The normalized spacial score (nSPS) is 11.9. The van der Waals surface area contributed by atoms with E-state index >= 15 is 0 Å². The Hall–Kier alpha value is -2.20. The number of aryl methyl sites for hydroxylation is 1. The zero-order valence-electron chi connectivity index (χ0n) is 12.3. The first-order valence-electron chi connectivity index (χ1n) is 7.39. The van der Waals surface area contributed by atoms with Crippen LogP contribution in [0.2, 0.25) is 0 Å². The van der Waals surface area contributed by atoms with E-state index in [1.54, 1.807) is 12.1 Å². The average molecular weight is 301 g/mol. The summed E-state index contributed by atoms with van der Waals surface area (Å²) < 4.78 is 12.8. The largest absolute Gasteiger partial charge is 0.388 e. The molecule has 1 atom stereocenters. The summed E-state index contributed by atoms with van der Waals surface area (Å²) in [5.41, 5.74) is 1.78. The highest BCUT2D eigenvalue weighted by Gasteiger charge is 2.08. The van der Waals surface area contributed by atoms with Crippen LogP contribution < -0.4 is 5.32 Å². The number of halogens is 1. The maximum absolute atomic E-state index is 12.8. The quantitative estimate of drug-likeness (QED) is 0.826. The number of benzene rings is 2. The number of rotatable bonds is 7. The molecule has 0 aliphatic rings. The van der Waals surface area contributed by atoms with E-state index in [0.717, 1.165) is 5.56 Å². The van der Waals surface area contributed by atoms with Gasteiger partial charge in [-0.05, 0) is 36.1 Å². The van der Waals surface area contributed by atoms with Crippen molar-refractivity contribution in [2.45, 2.75) is 25.4 Å². The van der Waals surface area contributed by atoms with E-state index in [1.165, 1.54) is 12.1 Å². The van der Waals surface area contributed by atoms with Gasteiger partial charge in [-0.2, -0.15) is 0 Å². The van der Waals surface area contributed by atoms with E-state index in [4.69, 9.17) is 0 Å². The minimum absolute atomic E-state index is 0.0323. The second kappa shape index (κ2) is 8.29. The van der Waals surface area contributed by atoms with Crippen LogP contribution in [-0.4, -0.2) is 17.6 Å². The summed E-state index contributed by atoms with van der Waals surface area (Å²) in [5.74, 6) is -0.361. The number of aliphatic hydroxyl groups is 1. The fourth-order valence-corrected chi connectivity index (χ4v) is 2.19. The average Bonchev–Trinajstić information content (AvgIpc) is 2.54. The Morgan fingerprint density at radius 2 is 1.77 bits per heavy atom. The Morgan fingerprint density at radius 1 is 1.09 bits per heavy atom. The molecule has 2 rings (SSSR count). The second-order valence-corrected chi connectivity index (χ2v) is 5.19. The molecule has 1 amide bonds. The van der Waals surface area contributed by atoms with E-state index in [-0.39, 0.29) is 11.7 Å². The molecule has 2 aromatic carbocycles. The predicted molar refractivity (Wildman–Crippen MR) is 83.7 cm³/mol. The SMILES string of the molecule is O=C(CCc1ccccc1)NCCC(O)c1ccc(F)cc1. The summed E-state index contributed by atoms with van der Waals surface area (Å²) in [5, 5.41) is 12.8. The molecule has 0 aromatic heterocycles. The zero-order chi connectivity index (χ0) is 15.8. The third-order valence-corrected chi connectivity index (χ3v) is 3.48. The molecule has 22 heavy (non-hydrogen) atoms. The molecule has 0 spiro atoms. The van der Waals surface area contributed by atoms with Gasteiger partial charge in [0.2, 0.25) is 5.91 Å². The molecule has 0 saturated heterocycles. The van der Waals surface area contributed by atoms with Gasteiger partial charge in [-0.25, -0.2) is 4.39 Å². The minimum atomic E-state index is -0.699. The van der Waals surface area contributed by atoms with Crippen LogP contribution in [0.4, 0.5) is 4.39 Å². The molecule has 116 valence electrons. The fourth-order valence-electron chi connectivity index (χ4n) is 2.19. The maximum atomic E-state index is 12.8. The van der Waals surface area contributed by atoms with E-state index in [1.807, 2.05) is 30.3 Å². The van der Waals surface area contributed by atoms with Crippen molar-refractivity contribution in [3.8, 4) is 0 Å². The summed E-state index contributed by atoms with van der Waals surface area (Å²) in [6.45, 7) is 0.395. The number of carbonyl (C=O) groups excluding carboxylic acids is 1. The standard InChI is InChI=1S/C18H20FNO2/c19-16-9-7-15(8-10-16)17(21)12-13-20-18(22)11-6-14-4-2-1-3-5-14/h1-5,7-10,17,21H,6,11-13H2,(H,20,22). The van der Waals surface area contributed by atoms with Crippen LogP contribution in [0.1, 0.15) is 30.1 Å². The van der Waals surface area contributed by atoms with E-state index < -0.39 is 6.10 Å². The van der Waals surface area contributed by atoms with Crippen molar-refractivity contribution in [1.29, 1.82) is 0 Å². The van der Waals surface area contributed by atoms with Crippen molar-refractivity contribution in [3.05, 3.63) is 71.5 Å². The van der Waals surface area contributed by atoms with Crippen molar-refractivity contribution < 1.29 is 14.3 Å². The number of hydrogen-bond donors (Lipinski definition) is 2. The number of amides is 1. The molecular weight excluding hydrogens is 281 g/mol. The first-order chi connectivity index (χ1) is 10.6.